The van der Waals surface area contributed by atoms with Gasteiger partial charge in [-0.05, 0) is 61.5 Å². The van der Waals surface area contributed by atoms with Crippen LogP contribution >= 0.6 is 11.8 Å². The molecular weight excluding hydrogens is 336 g/mol. The predicted octanol–water partition coefficient (Wildman–Crippen LogP) is 2.97. The smallest absolute Gasteiger partial charge is 0.180 e. The maximum atomic E-state index is 4.11. The van der Waals surface area contributed by atoms with Crippen molar-refractivity contribution in [2.24, 2.45) is 0 Å². The van der Waals surface area contributed by atoms with Gasteiger partial charge in [0, 0.05) is 5.41 Å². The van der Waals surface area contributed by atoms with Crippen molar-refractivity contribution >= 4 is 11.8 Å². The van der Waals surface area contributed by atoms with Gasteiger partial charge >= 0.3 is 0 Å². The first-order chi connectivity index (χ1) is 11.9. The molecule has 140 valence electrons. The van der Waals surface area contributed by atoms with Crippen LogP contribution in [0.4, 0.5) is 0 Å². The molecule has 0 fully saturated rings. The number of hydrogen-bond acceptors (Lipinski definition) is 7. The van der Waals surface area contributed by atoms with Crippen molar-refractivity contribution in [3.8, 4) is 0 Å². The average molecular weight is 367 g/mol. The predicted molar refractivity (Wildman–Crippen MR) is 99.4 cm³/mol. The molecule has 0 spiro atoms. The molecule has 9 heteroatoms. The zero-order valence-corrected chi connectivity index (χ0v) is 16.6. The monoisotopic (exact) mass is 366 g/mol. The van der Waals surface area contributed by atoms with Crippen molar-refractivity contribution in [1.82, 2.24) is 40.8 Å². The largest absolute Gasteiger partial charge is 0.227 e. The Kier molecular flexibility index (Phi) is 7.34. The number of nitrogens with one attached hydrogen (secondary N) is 1. The van der Waals surface area contributed by atoms with Crippen LogP contribution in [-0.2, 0) is 11.0 Å². The standard InChI is InChI=1S/C16H30N8S/c1-15(2,14-18-21-22-19-14)9-5-7-11-25-12-8-6-10-16(3,4)24-13-17-20-23-24/h13H,5-12H2,1-4H3,(H,18,19,21,22). The van der Waals surface area contributed by atoms with Crippen LogP contribution in [0.15, 0.2) is 6.33 Å². The normalized spacial score (nSPS) is 12.6. The summed E-state index contributed by atoms with van der Waals surface area (Å²) in [6.45, 7) is 8.72. The molecule has 0 aliphatic rings. The minimum absolute atomic E-state index is 0.000532. The third kappa shape index (κ3) is 6.37. The lowest BCUT2D eigenvalue weighted by Gasteiger charge is -2.23. The van der Waals surface area contributed by atoms with E-state index in [0.717, 1.165) is 18.7 Å². The number of rotatable bonds is 12. The van der Waals surface area contributed by atoms with Crippen molar-refractivity contribution in [1.29, 1.82) is 0 Å². The van der Waals surface area contributed by atoms with Crippen LogP contribution in [0.25, 0.3) is 0 Å². The summed E-state index contributed by atoms with van der Waals surface area (Å²) in [4.78, 5) is 0. The summed E-state index contributed by atoms with van der Waals surface area (Å²) >= 11 is 2.05. The Morgan fingerprint density at radius 3 is 2.36 bits per heavy atom. The molecule has 1 N–H and O–H groups in total. The fourth-order valence-electron chi connectivity index (χ4n) is 2.75. The molecule has 0 amide bonds. The molecule has 2 aromatic rings. The number of aromatic nitrogens is 8. The van der Waals surface area contributed by atoms with E-state index in [1.165, 1.54) is 37.2 Å². The van der Waals surface area contributed by atoms with E-state index in [1.54, 1.807) is 6.33 Å². The summed E-state index contributed by atoms with van der Waals surface area (Å²) in [6, 6.07) is 0. The molecule has 0 saturated heterocycles. The van der Waals surface area contributed by atoms with Gasteiger partial charge in [0.05, 0.1) is 5.54 Å². The van der Waals surface area contributed by atoms with E-state index < -0.39 is 0 Å². The highest BCUT2D eigenvalue weighted by atomic mass is 32.2. The number of tetrazole rings is 2. The van der Waals surface area contributed by atoms with Crippen LogP contribution in [0, 0.1) is 0 Å². The Hall–Kier alpha value is -1.51. The first-order valence-electron chi connectivity index (χ1n) is 8.97. The van der Waals surface area contributed by atoms with E-state index in [-0.39, 0.29) is 11.0 Å². The summed E-state index contributed by atoms with van der Waals surface area (Å²) in [5.41, 5.74) is -0.00559. The zero-order valence-electron chi connectivity index (χ0n) is 15.8. The molecule has 0 aromatic carbocycles. The number of thioether (sulfide) groups is 1. The van der Waals surface area contributed by atoms with Crippen LogP contribution in [0.3, 0.4) is 0 Å². The lowest BCUT2D eigenvalue weighted by Crippen LogP contribution is -2.26. The fourth-order valence-corrected chi connectivity index (χ4v) is 3.77. The van der Waals surface area contributed by atoms with Gasteiger partial charge in [-0.1, -0.05) is 31.9 Å². The molecule has 0 radical (unpaired) electrons. The maximum absolute atomic E-state index is 4.11. The maximum Gasteiger partial charge on any atom is 0.180 e. The third-order valence-corrected chi connectivity index (χ3v) is 5.74. The highest BCUT2D eigenvalue weighted by molar-refractivity contribution is 7.99. The zero-order chi connectivity index (χ0) is 18.2. The van der Waals surface area contributed by atoms with Gasteiger partial charge in [0.25, 0.3) is 0 Å². The SMILES string of the molecule is CC(C)(CCCCSCCCCC(C)(C)n1cnnn1)c1nn[nH]n1. The molecular formula is C16H30N8S. The Morgan fingerprint density at radius 2 is 1.76 bits per heavy atom. The first-order valence-corrected chi connectivity index (χ1v) is 10.1. The molecule has 0 aliphatic carbocycles. The lowest BCUT2D eigenvalue weighted by molar-refractivity contribution is 0.281. The molecule has 2 aromatic heterocycles. The van der Waals surface area contributed by atoms with Gasteiger partial charge < -0.3 is 0 Å². The van der Waals surface area contributed by atoms with Gasteiger partial charge in [0.1, 0.15) is 6.33 Å². The summed E-state index contributed by atoms with van der Waals surface area (Å²) in [5.74, 6) is 3.25. The minimum Gasteiger partial charge on any atom is -0.227 e. The van der Waals surface area contributed by atoms with Crippen molar-refractivity contribution in [2.45, 2.75) is 77.2 Å². The quantitative estimate of drug-likeness (QED) is 0.577. The van der Waals surface area contributed by atoms with E-state index in [4.69, 9.17) is 0 Å². The molecule has 2 heterocycles. The Balaban J connectivity index is 1.49. The second-order valence-corrected chi connectivity index (χ2v) is 8.94. The van der Waals surface area contributed by atoms with Crippen LogP contribution in [0.1, 0.15) is 72.0 Å². The van der Waals surface area contributed by atoms with Crippen LogP contribution in [-0.4, -0.2) is 52.3 Å². The minimum atomic E-state index is -0.00506. The van der Waals surface area contributed by atoms with Gasteiger partial charge in [-0.2, -0.15) is 17.0 Å². The second-order valence-electron chi connectivity index (χ2n) is 7.71. The van der Waals surface area contributed by atoms with E-state index in [1.807, 2.05) is 4.68 Å². The highest BCUT2D eigenvalue weighted by Gasteiger charge is 2.24. The molecule has 25 heavy (non-hydrogen) atoms. The Labute approximate surface area is 153 Å². The lowest BCUT2D eigenvalue weighted by atomic mass is 9.86. The molecule has 0 atom stereocenters. The van der Waals surface area contributed by atoms with Gasteiger partial charge in [0.15, 0.2) is 5.82 Å². The second kappa shape index (κ2) is 9.26. The van der Waals surface area contributed by atoms with Crippen LogP contribution in [0.5, 0.6) is 0 Å². The van der Waals surface area contributed by atoms with E-state index in [0.29, 0.717) is 0 Å². The van der Waals surface area contributed by atoms with Crippen molar-refractivity contribution in [3.63, 3.8) is 0 Å². The fraction of sp³-hybridized carbons (Fsp3) is 0.875. The number of hydrogen-bond donors (Lipinski definition) is 1. The van der Waals surface area contributed by atoms with Gasteiger partial charge in [-0.25, -0.2) is 4.68 Å². The van der Waals surface area contributed by atoms with Crippen molar-refractivity contribution in [3.05, 3.63) is 12.2 Å². The molecule has 2 rings (SSSR count). The average Bonchev–Trinajstić information content (AvgIpc) is 3.26. The van der Waals surface area contributed by atoms with E-state index in [2.05, 4.69) is 75.6 Å². The molecule has 0 unspecified atom stereocenters. The summed E-state index contributed by atoms with van der Waals surface area (Å²) < 4.78 is 1.85. The Morgan fingerprint density at radius 1 is 1.04 bits per heavy atom. The van der Waals surface area contributed by atoms with Crippen molar-refractivity contribution < 1.29 is 0 Å². The number of unbranched alkanes of at least 4 members (excludes halogenated alkanes) is 2. The van der Waals surface area contributed by atoms with E-state index >= 15 is 0 Å². The first kappa shape index (κ1) is 19.8. The third-order valence-electron chi connectivity index (χ3n) is 4.59. The van der Waals surface area contributed by atoms with Gasteiger partial charge in [-0.3, -0.25) is 0 Å². The van der Waals surface area contributed by atoms with Gasteiger partial charge in [0.2, 0.25) is 0 Å². The molecule has 0 bridgehead atoms. The molecule has 0 aliphatic heterocycles. The van der Waals surface area contributed by atoms with Crippen molar-refractivity contribution in [2.75, 3.05) is 11.5 Å². The topological polar surface area (TPSA) is 98.1 Å². The summed E-state index contributed by atoms with van der Waals surface area (Å²) in [5, 5.41) is 25.9. The summed E-state index contributed by atoms with van der Waals surface area (Å²) in [6.07, 6.45) is 8.76. The van der Waals surface area contributed by atoms with Crippen LogP contribution < -0.4 is 0 Å². The van der Waals surface area contributed by atoms with Gasteiger partial charge in [-0.15, -0.1) is 15.3 Å². The number of aromatic amines is 1. The molecule has 8 nitrogen and oxygen atoms in total. The molecule has 0 saturated carbocycles. The number of nitrogens with zero attached hydrogens (tertiary/aromatic N) is 7. The highest BCUT2D eigenvalue weighted by Crippen LogP contribution is 2.26. The summed E-state index contributed by atoms with van der Waals surface area (Å²) in [7, 11) is 0. The van der Waals surface area contributed by atoms with E-state index in [9.17, 15) is 0 Å². The number of H-pyrrole nitrogens is 1. The Bertz CT molecular complexity index is 527. The van der Waals surface area contributed by atoms with Crippen LogP contribution in [0.2, 0.25) is 0 Å².